The molecule has 1 heterocycles. The second-order valence-electron chi connectivity index (χ2n) is 4.02. The molecule has 4 N–H and O–H groups in total. The van der Waals surface area contributed by atoms with E-state index in [1.807, 2.05) is 0 Å². The van der Waals surface area contributed by atoms with E-state index >= 15 is 0 Å². The molecule has 0 bridgehead atoms. The van der Waals surface area contributed by atoms with Crippen molar-refractivity contribution in [2.45, 2.75) is 25.4 Å². The number of hydrogen-bond acceptors (Lipinski definition) is 3. The molecule has 1 saturated heterocycles. The molecule has 0 radical (unpaired) electrons. The molecule has 0 aliphatic carbocycles. The van der Waals surface area contributed by atoms with Crippen LogP contribution in [0.25, 0.3) is 0 Å². The topological polar surface area (TPSA) is 96.9 Å². The molecule has 5 nitrogen and oxygen atoms in total. The molecule has 1 aromatic rings. The van der Waals surface area contributed by atoms with Crippen molar-refractivity contribution in [1.29, 1.82) is 0 Å². The fourth-order valence-corrected chi connectivity index (χ4v) is 2.09. The van der Waals surface area contributed by atoms with E-state index < -0.39 is 12.0 Å². The Morgan fingerprint density at radius 1 is 1.39 bits per heavy atom. The third-order valence-corrected chi connectivity index (χ3v) is 3.12. The predicted molar refractivity (Wildman–Crippen MR) is 66.0 cm³/mol. The van der Waals surface area contributed by atoms with Crippen molar-refractivity contribution < 1.29 is 14.7 Å². The largest absolute Gasteiger partial charge is 0.548 e. The van der Waals surface area contributed by atoms with E-state index in [1.165, 1.54) is 4.90 Å². The molecule has 1 fully saturated rings. The van der Waals surface area contributed by atoms with Crippen LogP contribution < -0.4 is 11.3 Å². The summed E-state index contributed by atoms with van der Waals surface area (Å²) in [5.41, 5.74) is 0.857. The van der Waals surface area contributed by atoms with Gasteiger partial charge in [-0.25, -0.2) is 0 Å². The number of likely N-dealkylation sites (tertiary alicyclic amines) is 1. The zero-order chi connectivity index (χ0) is 12.4. The number of carboxylic acids is 1. The number of benzene rings is 1. The van der Waals surface area contributed by atoms with Crippen molar-refractivity contribution in [3.8, 4) is 0 Å². The van der Waals surface area contributed by atoms with E-state index in [9.17, 15) is 14.7 Å². The third kappa shape index (κ3) is 3.00. The van der Waals surface area contributed by atoms with Crippen LogP contribution in [0.15, 0.2) is 24.3 Å². The summed E-state index contributed by atoms with van der Waals surface area (Å²) >= 11 is 5.75. The van der Waals surface area contributed by atoms with Crippen LogP contribution >= 0.6 is 11.6 Å². The molecular weight excluding hydrogens is 256 g/mol. The number of nitrogens with zero attached hydrogens (tertiary/aromatic N) is 1. The van der Waals surface area contributed by atoms with Gasteiger partial charge in [0.05, 0.1) is 12.0 Å². The average molecular weight is 271 g/mol. The smallest absolute Gasteiger partial charge is 0.223 e. The fraction of sp³-hybridized carbons (Fsp3) is 0.333. The minimum absolute atomic E-state index is 0. The lowest BCUT2D eigenvalue weighted by Crippen LogP contribution is -2.45. The quantitative estimate of drug-likeness (QED) is 0.886. The van der Waals surface area contributed by atoms with Gasteiger partial charge in [0.2, 0.25) is 5.91 Å². The second-order valence-corrected chi connectivity index (χ2v) is 4.46. The monoisotopic (exact) mass is 270 g/mol. The summed E-state index contributed by atoms with van der Waals surface area (Å²) in [5, 5.41) is 11.5. The molecule has 1 amide bonds. The van der Waals surface area contributed by atoms with Gasteiger partial charge in [-0.15, -0.1) is 0 Å². The zero-order valence-corrected chi connectivity index (χ0v) is 10.8. The number of halogens is 1. The normalized spacial score (nSPS) is 18.6. The zero-order valence-electron chi connectivity index (χ0n) is 10.1. The Bertz CT molecular complexity index is 447. The number of rotatable bonds is 3. The van der Waals surface area contributed by atoms with E-state index in [-0.39, 0.29) is 25.0 Å². The van der Waals surface area contributed by atoms with Gasteiger partial charge in [0.25, 0.3) is 0 Å². The third-order valence-electron chi connectivity index (χ3n) is 2.87. The van der Waals surface area contributed by atoms with Crippen LogP contribution in [0.3, 0.4) is 0 Å². The number of carbonyl (C=O) groups excluding carboxylic acids is 2. The van der Waals surface area contributed by atoms with Gasteiger partial charge in [-0.3, -0.25) is 4.79 Å². The van der Waals surface area contributed by atoms with Crippen LogP contribution in [-0.2, 0) is 16.1 Å². The maximum Gasteiger partial charge on any atom is 0.223 e. The number of amides is 1. The van der Waals surface area contributed by atoms with Gasteiger partial charge in [-0.1, -0.05) is 23.7 Å². The van der Waals surface area contributed by atoms with Gasteiger partial charge in [0.1, 0.15) is 0 Å². The van der Waals surface area contributed by atoms with Crippen molar-refractivity contribution in [3.05, 3.63) is 34.9 Å². The number of aliphatic carboxylic acids is 1. The molecule has 0 spiro atoms. The summed E-state index contributed by atoms with van der Waals surface area (Å²) in [4.78, 5) is 23.8. The first kappa shape index (κ1) is 14.5. The highest BCUT2D eigenvalue weighted by Crippen LogP contribution is 2.21. The lowest BCUT2D eigenvalue weighted by Gasteiger charge is -2.25. The summed E-state index contributed by atoms with van der Waals surface area (Å²) in [6.07, 6.45) is 0.598. The number of carbonyl (C=O) groups is 2. The molecule has 18 heavy (non-hydrogen) atoms. The van der Waals surface area contributed by atoms with E-state index in [2.05, 4.69) is 0 Å². The Labute approximate surface area is 110 Å². The highest BCUT2D eigenvalue weighted by molar-refractivity contribution is 6.30. The van der Waals surface area contributed by atoms with Crippen molar-refractivity contribution in [2.24, 2.45) is 0 Å². The Balaban J connectivity index is 0.00000162. The second kappa shape index (κ2) is 5.84. The number of quaternary nitrogens is 1. The highest BCUT2D eigenvalue weighted by Gasteiger charge is 2.31. The summed E-state index contributed by atoms with van der Waals surface area (Å²) < 4.78 is 0. The Morgan fingerprint density at radius 2 is 2.00 bits per heavy atom. The summed E-state index contributed by atoms with van der Waals surface area (Å²) in [6, 6.07) is 6.18. The molecule has 0 aromatic heterocycles. The van der Waals surface area contributed by atoms with Gasteiger partial charge in [-0.2, -0.15) is 0 Å². The molecule has 0 saturated carbocycles. The molecule has 6 heteroatoms. The van der Waals surface area contributed by atoms with Crippen LogP contribution in [0, 0.1) is 0 Å². The Morgan fingerprint density at radius 3 is 2.56 bits per heavy atom. The van der Waals surface area contributed by atoms with Crippen molar-refractivity contribution in [3.63, 3.8) is 0 Å². The van der Waals surface area contributed by atoms with Crippen molar-refractivity contribution in [2.75, 3.05) is 0 Å². The lowest BCUT2D eigenvalue weighted by atomic mass is 10.2. The summed E-state index contributed by atoms with van der Waals surface area (Å²) in [5.74, 6) is -1.33. The Hall–Kier alpha value is -1.59. The van der Waals surface area contributed by atoms with Gasteiger partial charge >= 0.3 is 0 Å². The minimum Gasteiger partial charge on any atom is -0.548 e. The molecule has 1 aromatic carbocycles. The maximum atomic E-state index is 11.6. The average Bonchev–Trinajstić information content (AvgIpc) is 2.64. The highest BCUT2D eigenvalue weighted by atomic mass is 35.5. The SMILES string of the molecule is O=C([O-])[C@@H]1CCC(=O)N1Cc1ccc(Cl)cc1.[NH4+]. The summed E-state index contributed by atoms with van der Waals surface area (Å²) in [6.45, 7) is 0.286. The molecule has 2 rings (SSSR count). The predicted octanol–water partition coefficient (Wildman–Crippen LogP) is 0.957. The molecule has 98 valence electrons. The molecule has 1 aliphatic heterocycles. The summed E-state index contributed by atoms with van der Waals surface area (Å²) in [7, 11) is 0. The fourth-order valence-electron chi connectivity index (χ4n) is 1.96. The molecular formula is C12H15ClN2O3. The first-order chi connectivity index (χ1) is 8.08. The van der Waals surface area contributed by atoms with Crippen molar-refractivity contribution in [1.82, 2.24) is 11.1 Å². The van der Waals surface area contributed by atoms with Gasteiger partial charge < -0.3 is 21.0 Å². The van der Waals surface area contributed by atoms with Gasteiger partial charge in [-0.05, 0) is 24.1 Å². The van der Waals surface area contributed by atoms with Gasteiger partial charge in [0, 0.05) is 18.0 Å². The van der Waals surface area contributed by atoms with Crippen LogP contribution in [0.4, 0.5) is 0 Å². The van der Waals surface area contributed by atoms with Crippen LogP contribution in [0.2, 0.25) is 5.02 Å². The van der Waals surface area contributed by atoms with E-state index in [0.29, 0.717) is 11.4 Å². The van der Waals surface area contributed by atoms with E-state index in [1.54, 1.807) is 24.3 Å². The standard InChI is InChI=1S/C12H12ClNO3.H3N/c13-9-3-1-8(2-4-9)7-14-10(12(16)17)5-6-11(14)15;/h1-4,10H,5-7H2,(H,16,17);1H3/t10-;/m0./s1. The van der Waals surface area contributed by atoms with Crippen LogP contribution in [0.1, 0.15) is 18.4 Å². The van der Waals surface area contributed by atoms with Crippen LogP contribution in [-0.4, -0.2) is 22.8 Å². The van der Waals surface area contributed by atoms with Crippen LogP contribution in [0.5, 0.6) is 0 Å². The van der Waals surface area contributed by atoms with E-state index in [0.717, 1.165) is 5.56 Å². The molecule has 0 unspecified atom stereocenters. The number of hydrogen-bond donors (Lipinski definition) is 1. The Kier molecular flexibility index (Phi) is 4.69. The minimum atomic E-state index is -1.19. The maximum absolute atomic E-state index is 11.6. The molecule has 1 atom stereocenters. The first-order valence-corrected chi connectivity index (χ1v) is 5.70. The van der Waals surface area contributed by atoms with Crippen molar-refractivity contribution >= 4 is 23.5 Å². The lowest BCUT2D eigenvalue weighted by molar-refractivity contribution is -0.310. The molecule has 1 aliphatic rings. The van der Waals surface area contributed by atoms with E-state index in [4.69, 9.17) is 11.6 Å². The van der Waals surface area contributed by atoms with Gasteiger partial charge in [0.15, 0.2) is 0 Å². The first-order valence-electron chi connectivity index (χ1n) is 5.32. The number of carboxylic acid groups (broad SMARTS) is 1.